The number of thiazole rings is 1. The molecule has 0 aliphatic carbocycles. The Morgan fingerprint density at radius 3 is 2.56 bits per heavy atom. The van der Waals surface area contributed by atoms with Gasteiger partial charge in [0, 0.05) is 49.2 Å². The highest BCUT2D eigenvalue weighted by Crippen LogP contribution is 2.36. The normalized spacial score (nSPS) is 16.1. The molecule has 12 heteroatoms. The van der Waals surface area contributed by atoms with Crippen LogP contribution in [0.2, 0.25) is 0 Å². The summed E-state index contributed by atoms with van der Waals surface area (Å²) in [5.74, 6) is -3.29. The highest BCUT2D eigenvalue weighted by Gasteiger charge is 2.42. The molecule has 3 N–H and O–H groups in total. The summed E-state index contributed by atoms with van der Waals surface area (Å²) in [5.41, 5.74) is 1.54. The summed E-state index contributed by atoms with van der Waals surface area (Å²) in [4.78, 5) is 42.4. The van der Waals surface area contributed by atoms with Crippen molar-refractivity contribution in [2.24, 2.45) is 5.92 Å². The number of amides is 3. The van der Waals surface area contributed by atoms with Gasteiger partial charge in [-0.3, -0.25) is 14.4 Å². The topological polar surface area (TPSA) is 103 Å². The lowest BCUT2D eigenvalue weighted by atomic mass is 9.98. The van der Waals surface area contributed by atoms with Gasteiger partial charge < -0.3 is 20.9 Å². The maximum absolute atomic E-state index is 13.1. The highest BCUT2D eigenvalue weighted by molar-refractivity contribution is 7.15. The largest absolute Gasteiger partial charge is 0.393 e. The maximum atomic E-state index is 13.1. The van der Waals surface area contributed by atoms with Crippen LogP contribution in [0, 0.1) is 12.8 Å². The van der Waals surface area contributed by atoms with Crippen LogP contribution in [0.4, 0.5) is 29.7 Å². The molecule has 0 bridgehead atoms. The van der Waals surface area contributed by atoms with Crippen LogP contribution in [0.5, 0.6) is 0 Å². The summed E-state index contributed by atoms with van der Waals surface area (Å²) in [5, 5.41) is 8.14. The van der Waals surface area contributed by atoms with Crippen LogP contribution in [0.25, 0.3) is 0 Å². The third-order valence-corrected chi connectivity index (χ3v) is 6.60. The molecule has 0 radical (unpaired) electrons. The van der Waals surface area contributed by atoms with Crippen molar-refractivity contribution in [3.8, 4) is 0 Å². The van der Waals surface area contributed by atoms with Crippen molar-refractivity contribution in [1.29, 1.82) is 0 Å². The van der Waals surface area contributed by atoms with Crippen molar-refractivity contribution >= 4 is 45.6 Å². The third-order valence-electron chi connectivity index (χ3n) is 5.32. The average molecular weight is 498 g/mol. The second-order valence-electron chi connectivity index (χ2n) is 8.05. The number of nitrogens with one attached hydrogen (secondary N) is 3. The fraction of sp³-hybridized carbons (Fsp3) is 0.455. The van der Waals surface area contributed by atoms with E-state index in [1.165, 1.54) is 24.3 Å². The Labute approximate surface area is 198 Å². The molecule has 1 fully saturated rings. The highest BCUT2D eigenvalue weighted by atomic mass is 32.1. The fourth-order valence-corrected chi connectivity index (χ4v) is 4.73. The molecule has 34 heavy (non-hydrogen) atoms. The van der Waals surface area contributed by atoms with Gasteiger partial charge in [-0.25, -0.2) is 4.98 Å². The van der Waals surface area contributed by atoms with Crippen molar-refractivity contribution in [3.63, 3.8) is 0 Å². The van der Waals surface area contributed by atoms with Gasteiger partial charge in [-0.1, -0.05) is 6.07 Å². The molecule has 1 aromatic carbocycles. The van der Waals surface area contributed by atoms with E-state index in [2.05, 4.69) is 20.9 Å². The second kappa shape index (κ2) is 10.9. The second-order valence-corrected chi connectivity index (χ2v) is 9.12. The predicted octanol–water partition coefficient (Wildman–Crippen LogP) is 3.49. The minimum absolute atomic E-state index is 0.101. The number of aromatic nitrogens is 1. The van der Waals surface area contributed by atoms with E-state index in [4.69, 9.17) is 0 Å². The van der Waals surface area contributed by atoms with Gasteiger partial charge in [0.05, 0.1) is 11.6 Å². The minimum Gasteiger partial charge on any atom is -0.347 e. The van der Waals surface area contributed by atoms with Gasteiger partial charge in [-0.05, 0) is 38.0 Å². The minimum atomic E-state index is -4.22. The third kappa shape index (κ3) is 6.92. The van der Waals surface area contributed by atoms with E-state index in [-0.39, 0.29) is 25.4 Å². The zero-order valence-corrected chi connectivity index (χ0v) is 19.6. The van der Waals surface area contributed by atoms with Crippen LogP contribution < -0.4 is 20.9 Å². The molecule has 3 rings (SSSR count). The lowest BCUT2D eigenvalue weighted by Crippen LogP contribution is -2.41. The van der Waals surface area contributed by atoms with E-state index >= 15 is 0 Å². The van der Waals surface area contributed by atoms with Gasteiger partial charge in [0.2, 0.25) is 5.91 Å². The number of hydrogen-bond acceptors (Lipinski definition) is 6. The molecule has 2 aromatic rings. The summed E-state index contributed by atoms with van der Waals surface area (Å²) in [6.07, 6.45) is -3.24. The Hall–Kier alpha value is -3.15. The summed E-state index contributed by atoms with van der Waals surface area (Å²) in [7, 11) is 0. The molecular formula is C22H26F3N5O3S. The molecule has 3 amide bonds. The Kier molecular flexibility index (Phi) is 8.13. The molecular weight excluding hydrogens is 471 g/mol. The number of benzene rings is 1. The van der Waals surface area contributed by atoms with Crippen molar-refractivity contribution < 1.29 is 27.6 Å². The number of alkyl halides is 3. The van der Waals surface area contributed by atoms with Crippen LogP contribution in [0.15, 0.2) is 24.3 Å². The molecule has 184 valence electrons. The quantitative estimate of drug-likeness (QED) is 0.531. The first kappa shape index (κ1) is 25.5. The lowest BCUT2D eigenvalue weighted by Gasteiger charge is -2.33. The van der Waals surface area contributed by atoms with Crippen LogP contribution >= 0.6 is 11.3 Å². The maximum Gasteiger partial charge on any atom is 0.393 e. The first-order valence-electron chi connectivity index (χ1n) is 10.8. The number of aryl methyl sites for hydroxylation is 1. The number of carbonyl (C=O) groups is 3. The van der Waals surface area contributed by atoms with Gasteiger partial charge in [0.15, 0.2) is 5.13 Å². The Morgan fingerprint density at radius 2 is 1.88 bits per heavy atom. The molecule has 1 aliphatic heterocycles. The number of piperidine rings is 1. The lowest BCUT2D eigenvalue weighted by molar-refractivity contribution is -0.176. The smallest absolute Gasteiger partial charge is 0.347 e. The van der Waals surface area contributed by atoms with E-state index in [1.54, 1.807) is 30.0 Å². The molecule has 1 unspecified atom stereocenters. The van der Waals surface area contributed by atoms with Gasteiger partial charge in [-0.15, -0.1) is 11.3 Å². The van der Waals surface area contributed by atoms with Crippen molar-refractivity contribution in [2.75, 3.05) is 35.2 Å². The number of halogens is 3. The monoisotopic (exact) mass is 497 g/mol. The van der Waals surface area contributed by atoms with Gasteiger partial charge in [0.1, 0.15) is 0 Å². The Morgan fingerprint density at radius 1 is 1.18 bits per heavy atom. The zero-order chi connectivity index (χ0) is 24.9. The summed E-state index contributed by atoms with van der Waals surface area (Å²) in [6.45, 7) is 3.73. The van der Waals surface area contributed by atoms with Crippen LogP contribution in [0.1, 0.15) is 30.3 Å². The van der Waals surface area contributed by atoms with Gasteiger partial charge in [-0.2, -0.15) is 13.2 Å². The Balaban J connectivity index is 1.50. The molecule has 2 heterocycles. The zero-order valence-electron chi connectivity index (χ0n) is 18.8. The predicted molar refractivity (Wildman–Crippen MR) is 124 cm³/mol. The molecule has 1 saturated heterocycles. The van der Waals surface area contributed by atoms with Crippen molar-refractivity contribution in [1.82, 2.24) is 10.3 Å². The number of carbonyl (C=O) groups excluding carboxylic acids is 3. The molecule has 1 atom stereocenters. The van der Waals surface area contributed by atoms with E-state index in [9.17, 15) is 27.6 Å². The van der Waals surface area contributed by atoms with Crippen LogP contribution in [-0.2, 0) is 20.8 Å². The standard InChI is InChI=1S/C22H26F3N5O3S/c1-13-18(34-21(27-13)30-10-4-5-15(12-30)22(23,24)25)8-9-26-19(32)20(33)29-17-7-3-6-16(11-17)28-14(2)31/h3,6-7,11,15H,4-5,8-10,12H2,1-2H3,(H,26,32)(H,28,31)(H,29,33). The van der Waals surface area contributed by atoms with Crippen LogP contribution in [0.3, 0.4) is 0 Å². The Bertz CT molecular complexity index is 1060. The molecule has 1 aliphatic rings. The number of anilines is 3. The summed E-state index contributed by atoms with van der Waals surface area (Å²) in [6, 6.07) is 6.39. The average Bonchev–Trinajstić information content (AvgIpc) is 3.13. The first-order valence-corrected chi connectivity index (χ1v) is 11.6. The molecule has 8 nitrogen and oxygen atoms in total. The van der Waals surface area contributed by atoms with E-state index in [0.717, 1.165) is 4.88 Å². The molecule has 0 saturated carbocycles. The first-order chi connectivity index (χ1) is 16.0. The molecule has 0 spiro atoms. The van der Waals surface area contributed by atoms with E-state index in [1.807, 2.05) is 0 Å². The van der Waals surface area contributed by atoms with Crippen LogP contribution in [-0.4, -0.2) is 48.5 Å². The number of rotatable bonds is 6. The SMILES string of the molecule is CC(=O)Nc1cccc(NC(=O)C(=O)NCCc2sc(N3CCCC(C(F)(F)F)C3)nc2C)c1. The van der Waals surface area contributed by atoms with Gasteiger partial charge in [0.25, 0.3) is 0 Å². The number of hydrogen-bond donors (Lipinski definition) is 3. The fourth-order valence-electron chi connectivity index (χ4n) is 3.63. The van der Waals surface area contributed by atoms with Crippen molar-refractivity contribution in [2.45, 2.75) is 39.3 Å². The van der Waals surface area contributed by atoms with E-state index < -0.39 is 23.9 Å². The molecule has 1 aromatic heterocycles. The van der Waals surface area contributed by atoms with E-state index in [0.29, 0.717) is 41.6 Å². The van der Waals surface area contributed by atoms with Crippen molar-refractivity contribution in [3.05, 3.63) is 34.8 Å². The van der Waals surface area contributed by atoms with Gasteiger partial charge >= 0.3 is 18.0 Å². The summed E-state index contributed by atoms with van der Waals surface area (Å²) >= 11 is 1.31. The summed E-state index contributed by atoms with van der Waals surface area (Å²) < 4.78 is 39.3. The number of nitrogens with zero attached hydrogens (tertiary/aromatic N) is 2.